The molecule has 17 heteroatoms. The minimum absolute atomic E-state index is 0.217. The highest BCUT2D eigenvalue weighted by Crippen LogP contribution is 2.29. The molecule has 2 amide bonds. The van der Waals surface area contributed by atoms with Crippen molar-refractivity contribution in [3.63, 3.8) is 0 Å². The molecule has 2 aliphatic heterocycles. The average molecular weight is 625 g/mol. The first-order chi connectivity index (χ1) is 19.8. The van der Waals surface area contributed by atoms with E-state index in [-0.39, 0.29) is 12.2 Å². The van der Waals surface area contributed by atoms with Crippen LogP contribution in [0.3, 0.4) is 0 Å². The number of hydrogen-bond acceptors (Lipinski definition) is 15. The van der Waals surface area contributed by atoms with Crippen molar-refractivity contribution in [2.75, 3.05) is 0 Å². The Hall–Kier alpha value is -2.93. The van der Waals surface area contributed by atoms with E-state index in [0.717, 1.165) is 20.8 Å². The molecule has 0 unspecified atom stereocenters. The summed E-state index contributed by atoms with van der Waals surface area (Å²) < 4.78 is 37.0. The van der Waals surface area contributed by atoms with E-state index >= 15 is 0 Å². The zero-order chi connectivity index (χ0) is 33.2. The third kappa shape index (κ3) is 12.7. The molecule has 43 heavy (non-hydrogen) atoms. The predicted molar refractivity (Wildman–Crippen MR) is 142 cm³/mol. The van der Waals surface area contributed by atoms with E-state index in [1.165, 1.54) is 13.8 Å². The van der Waals surface area contributed by atoms with Crippen LogP contribution in [-0.2, 0) is 57.1 Å². The van der Waals surface area contributed by atoms with E-state index in [1.807, 2.05) is 0 Å². The van der Waals surface area contributed by atoms with Crippen molar-refractivity contribution in [1.82, 2.24) is 10.6 Å². The Kier molecular flexibility index (Phi) is 15.4. The molecule has 248 valence electrons. The molecule has 0 bridgehead atoms. The zero-order valence-corrected chi connectivity index (χ0v) is 25.7. The average Bonchev–Trinajstić information content (AvgIpc) is 2.83. The van der Waals surface area contributed by atoms with Crippen LogP contribution < -0.4 is 10.6 Å². The van der Waals surface area contributed by atoms with Gasteiger partial charge >= 0.3 is 17.9 Å². The highest BCUT2D eigenvalue weighted by atomic mass is 16.8. The monoisotopic (exact) mass is 624 g/mol. The van der Waals surface area contributed by atoms with Crippen molar-refractivity contribution in [3.8, 4) is 0 Å². The molecule has 0 aromatic rings. The quantitative estimate of drug-likeness (QED) is 0.143. The lowest BCUT2D eigenvalue weighted by atomic mass is 10.00. The van der Waals surface area contributed by atoms with Gasteiger partial charge in [0.15, 0.2) is 25.0 Å². The molecule has 2 fully saturated rings. The highest BCUT2D eigenvalue weighted by Gasteiger charge is 2.52. The van der Waals surface area contributed by atoms with E-state index in [2.05, 4.69) is 10.6 Å². The van der Waals surface area contributed by atoms with Gasteiger partial charge in [-0.1, -0.05) is 0 Å². The second-order valence-electron chi connectivity index (χ2n) is 10.3. The van der Waals surface area contributed by atoms with Crippen molar-refractivity contribution in [2.45, 2.75) is 136 Å². The number of rotatable bonds is 9. The van der Waals surface area contributed by atoms with Gasteiger partial charge < -0.3 is 59.1 Å². The van der Waals surface area contributed by atoms with E-state index in [4.69, 9.17) is 33.2 Å². The number of hydrogen-bond donors (Lipinski definition) is 5. The molecule has 0 saturated carbocycles. The lowest BCUT2D eigenvalue weighted by Gasteiger charge is -2.44. The Morgan fingerprint density at radius 2 is 1.00 bits per heavy atom. The summed E-state index contributed by atoms with van der Waals surface area (Å²) in [6, 6.07) is -1.91. The summed E-state index contributed by atoms with van der Waals surface area (Å²) in [5.41, 5.74) is 0. The SMILES string of the molecule is CC(=O)N[C@H]1[C@H](OC(C)C)O[C@H](O)[C@H](O)[C@@H]1O.CC(=O)N[C@H]1[C@H](OC(C)C)O[C@H](OC(C)=O)[C@H](OC(C)=O)[C@@H]1OC(C)=O. The molecule has 10 atom stereocenters. The largest absolute Gasteiger partial charge is 0.456 e. The smallest absolute Gasteiger partial charge is 0.305 e. The maximum absolute atomic E-state index is 11.6. The number of amides is 2. The van der Waals surface area contributed by atoms with Crippen molar-refractivity contribution >= 4 is 29.7 Å². The number of aliphatic hydroxyl groups is 3. The Morgan fingerprint density at radius 3 is 1.42 bits per heavy atom. The molecule has 2 rings (SSSR count). The summed E-state index contributed by atoms with van der Waals surface area (Å²) >= 11 is 0. The van der Waals surface area contributed by atoms with Crippen LogP contribution in [0.15, 0.2) is 0 Å². The fourth-order valence-electron chi connectivity index (χ4n) is 4.10. The summed E-state index contributed by atoms with van der Waals surface area (Å²) in [6.45, 7) is 12.9. The highest BCUT2D eigenvalue weighted by molar-refractivity contribution is 5.74. The topological polar surface area (TPSA) is 235 Å². The van der Waals surface area contributed by atoms with Gasteiger partial charge in [-0.15, -0.1) is 0 Å². The summed E-state index contributed by atoms with van der Waals surface area (Å²) in [6.07, 6.45) is -10.9. The number of ether oxygens (including phenoxy) is 7. The minimum Gasteiger partial charge on any atom is -0.456 e. The third-order valence-electron chi connectivity index (χ3n) is 5.52. The molecule has 2 aliphatic rings. The van der Waals surface area contributed by atoms with Gasteiger partial charge in [0.1, 0.15) is 24.3 Å². The van der Waals surface area contributed by atoms with Crippen molar-refractivity contribution in [3.05, 3.63) is 0 Å². The van der Waals surface area contributed by atoms with Crippen molar-refractivity contribution in [2.24, 2.45) is 0 Å². The molecule has 2 heterocycles. The fourth-order valence-corrected chi connectivity index (χ4v) is 4.10. The number of carbonyl (C=O) groups excluding carboxylic acids is 5. The molecule has 17 nitrogen and oxygen atoms in total. The van der Waals surface area contributed by atoms with Gasteiger partial charge in [0.05, 0.1) is 12.2 Å². The summed E-state index contributed by atoms with van der Waals surface area (Å²) in [5, 5.41) is 33.6. The minimum atomic E-state index is -1.54. The van der Waals surface area contributed by atoms with E-state index in [9.17, 15) is 39.3 Å². The maximum Gasteiger partial charge on any atom is 0.305 e. The second kappa shape index (κ2) is 17.4. The molecule has 0 aromatic heterocycles. The molecular weight excluding hydrogens is 580 g/mol. The maximum atomic E-state index is 11.6. The van der Waals surface area contributed by atoms with E-state index < -0.39 is 91.4 Å². The first kappa shape index (κ1) is 38.1. The van der Waals surface area contributed by atoms with Gasteiger partial charge in [-0.3, -0.25) is 24.0 Å². The van der Waals surface area contributed by atoms with Gasteiger partial charge in [-0.2, -0.15) is 0 Å². The van der Waals surface area contributed by atoms with Gasteiger partial charge in [0.2, 0.25) is 24.2 Å². The summed E-state index contributed by atoms with van der Waals surface area (Å²) in [5.74, 6) is -2.93. The standard InChI is InChI=1S/C16H25NO9.C10H19NO6/c1-7(2)22-15-12(17-8(3)18)13(23-9(4)19)14(24-10(5)20)16(26-15)25-11(6)21;1-4(2)16-10-6(11-5(3)12)7(13)8(14)9(15)17-10/h7,12-16H,1-6H3,(H,17,18);4,6-10,13-15H,1-3H3,(H,11,12)/t12-,13-,14-,15-,16+;6-,7-,8-,9+,10-/m11/s1. The van der Waals surface area contributed by atoms with E-state index in [1.54, 1.807) is 27.7 Å². The molecule has 2 saturated heterocycles. The summed E-state index contributed by atoms with van der Waals surface area (Å²) in [7, 11) is 0. The number of nitrogens with one attached hydrogen (secondary N) is 2. The Bertz CT molecular complexity index is 961. The fraction of sp³-hybridized carbons (Fsp3) is 0.808. The Morgan fingerprint density at radius 1 is 0.581 bits per heavy atom. The van der Waals surface area contributed by atoms with Crippen LogP contribution in [0.4, 0.5) is 0 Å². The normalized spacial score (nSPS) is 32.1. The van der Waals surface area contributed by atoms with E-state index in [0.29, 0.717) is 0 Å². The molecule has 5 N–H and O–H groups in total. The van der Waals surface area contributed by atoms with Crippen molar-refractivity contribution in [1.29, 1.82) is 0 Å². The second-order valence-corrected chi connectivity index (χ2v) is 10.3. The summed E-state index contributed by atoms with van der Waals surface area (Å²) in [4.78, 5) is 57.1. The number of esters is 3. The Labute approximate surface area is 249 Å². The molecule has 0 spiro atoms. The first-order valence-electron chi connectivity index (χ1n) is 13.6. The van der Waals surface area contributed by atoms with Crippen LogP contribution in [0.25, 0.3) is 0 Å². The lowest BCUT2D eigenvalue weighted by molar-refractivity contribution is -0.326. The van der Waals surface area contributed by atoms with Crippen LogP contribution in [0, 0.1) is 0 Å². The first-order valence-corrected chi connectivity index (χ1v) is 13.6. The van der Waals surface area contributed by atoms with Crippen LogP contribution in [0.5, 0.6) is 0 Å². The molecular formula is C26H44N2O15. The predicted octanol–water partition coefficient (Wildman–Crippen LogP) is -1.66. The van der Waals surface area contributed by atoms with Crippen LogP contribution in [0.2, 0.25) is 0 Å². The number of aliphatic hydroxyl groups excluding tert-OH is 3. The van der Waals surface area contributed by atoms with Crippen LogP contribution >= 0.6 is 0 Å². The van der Waals surface area contributed by atoms with Gasteiger partial charge in [-0.05, 0) is 27.7 Å². The van der Waals surface area contributed by atoms with Gasteiger partial charge in [0.25, 0.3) is 0 Å². The van der Waals surface area contributed by atoms with Gasteiger partial charge in [0, 0.05) is 34.6 Å². The van der Waals surface area contributed by atoms with Crippen molar-refractivity contribution < 1.29 is 72.5 Å². The van der Waals surface area contributed by atoms with Gasteiger partial charge in [-0.25, -0.2) is 0 Å². The molecule has 0 aromatic carbocycles. The van der Waals surface area contributed by atoms with Crippen LogP contribution in [0.1, 0.15) is 62.3 Å². The number of carbonyl (C=O) groups is 5. The Balaban J connectivity index is 0.000000469. The molecule has 0 aliphatic carbocycles. The third-order valence-corrected chi connectivity index (χ3v) is 5.52. The van der Waals surface area contributed by atoms with Crippen LogP contribution in [-0.4, -0.2) is 119 Å². The molecule has 0 radical (unpaired) electrons. The lowest BCUT2D eigenvalue weighted by Crippen LogP contribution is -2.66. The zero-order valence-electron chi connectivity index (χ0n) is 25.7.